The van der Waals surface area contributed by atoms with Crippen LogP contribution in [0.25, 0.3) is 0 Å². The summed E-state index contributed by atoms with van der Waals surface area (Å²) in [5.41, 5.74) is 2.65. The van der Waals surface area contributed by atoms with Crippen LogP contribution in [0.4, 0.5) is 28.8 Å². The topological polar surface area (TPSA) is 105 Å². The van der Waals surface area contributed by atoms with Crippen molar-refractivity contribution in [2.45, 2.75) is 11.8 Å². The molecule has 0 aliphatic heterocycles. The number of benzene rings is 3. The Morgan fingerprint density at radius 3 is 2.11 bits per heavy atom. The zero-order valence-corrected chi connectivity index (χ0v) is 21.0. The smallest absolute Gasteiger partial charge is 0.263 e. The van der Waals surface area contributed by atoms with Crippen LogP contribution in [0.15, 0.2) is 77.7 Å². The van der Waals surface area contributed by atoms with Gasteiger partial charge in [-0.3, -0.25) is 4.72 Å². The lowest BCUT2D eigenvalue weighted by atomic mass is 10.3. The lowest BCUT2D eigenvalue weighted by Gasteiger charge is -2.12. The SMILES string of the molecule is COc1ccc(Nc2cc(C)nc(Nc3ccc(NS(=O)(=O)c4cc(Cl)ccc4Cl)cc3)n2)cc1. The van der Waals surface area contributed by atoms with Crippen molar-refractivity contribution in [3.8, 4) is 5.75 Å². The van der Waals surface area contributed by atoms with Crippen LogP contribution in [0.2, 0.25) is 10.0 Å². The summed E-state index contributed by atoms with van der Waals surface area (Å²) < 4.78 is 33.1. The van der Waals surface area contributed by atoms with Gasteiger partial charge in [0.1, 0.15) is 16.5 Å². The number of methoxy groups -OCH3 is 1. The molecule has 0 bridgehead atoms. The van der Waals surface area contributed by atoms with Gasteiger partial charge in [-0.25, -0.2) is 13.4 Å². The number of aryl methyl sites for hydroxylation is 1. The Morgan fingerprint density at radius 1 is 0.800 bits per heavy atom. The van der Waals surface area contributed by atoms with E-state index in [0.717, 1.165) is 17.1 Å². The number of anilines is 5. The van der Waals surface area contributed by atoms with E-state index in [1.807, 2.05) is 37.3 Å². The number of ether oxygens (including phenoxy) is 1. The Balaban J connectivity index is 1.47. The summed E-state index contributed by atoms with van der Waals surface area (Å²) in [6.07, 6.45) is 0. The van der Waals surface area contributed by atoms with Crippen molar-refractivity contribution in [1.29, 1.82) is 0 Å². The molecule has 1 aromatic heterocycles. The van der Waals surface area contributed by atoms with E-state index < -0.39 is 10.0 Å². The highest BCUT2D eigenvalue weighted by Crippen LogP contribution is 2.28. The molecule has 0 saturated heterocycles. The molecule has 3 aromatic carbocycles. The van der Waals surface area contributed by atoms with Crippen molar-refractivity contribution in [3.05, 3.63) is 88.5 Å². The van der Waals surface area contributed by atoms with Gasteiger partial charge in [0.15, 0.2) is 0 Å². The lowest BCUT2D eigenvalue weighted by Crippen LogP contribution is -2.13. The number of aromatic nitrogens is 2. The molecule has 0 radical (unpaired) electrons. The molecule has 0 unspecified atom stereocenters. The summed E-state index contributed by atoms with van der Waals surface area (Å²) in [6.45, 7) is 1.87. The molecule has 0 aliphatic rings. The third-order valence-electron chi connectivity index (χ3n) is 4.79. The van der Waals surface area contributed by atoms with Crippen LogP contribution >= 0.6 is 23.2 Å². The Labute approximate surface area is 213 Å². The number of hydrogen-bond acceptors (Lipinski definition) is 7. The molecule has 0 spiro atoms. The zero-order chi connectivity index (χ0) is 25.0. The van der Waals surface area contributed by atoms with E-state index in [1.54, 1.807) is 31.4 Å². The maximum absolute atomic E-state index is 12.7. The summed E-state index contributed by atoms with van der Waals surface area (Å²) in [5, 5.41) is 6.72. The summed E-state index contributed by atoms with van der Waals surface area (Å²) in [7, 11) is -2.30. The van der Waals surface area contributed by atoms with Gasteiger partial charge in [0.2, 0.25) is 5.95 Å². The molecule has 0 fully saturated rings. The fraction of sp³-hybridized carbons (Fsp3) is 0.0833. The molecule has 3 N–H and O–H groups in total. The second kappa shape index (κ2) is 10.4. The number of sulfonamides is 1. The highest BCUT2D eigenvalue weighted by molar-refractivity contribution is 7.92. The van der Waals surface area contributed by atoms with Crippen LogP contribution in [0.1, 0.15) is 5.69 Å². The summed E-state index contributed by atoms with van der Waals surface area (Å²) >= 11 is 12.0. The number of halogens is 2. The van der Waals surface area contributed by atoms with Gasteiger partial charge in [-0.15, -0.1) is 0 Å². The molecule has 35 heavy (non-hydrogen) atoms. The lowest BCUT2D eigenvalue weighted by molar-refractivity contribution is 0.415. The first kappa shape index (κ1) is 24.6. The Kier molecular flexibility index (Phi) is 7.30. The molecular formula is C24H21Cl2N5O3S. The van der Waals surface area contributed by atoms with Gasteiger partial charge in [-0.05, 0) is 73.7 Å². The molecular weight excluding hydrogens is 509 g/mol. The van der Waals surface area contributed by atoms with Crippen molar-refractivity contribution < 1.29 is 13.2 Å². The number of nitrogens with zero attached hydrogens (tertiary/aromatic N) is 2. The van der Waals surface area contributed by atoms with Gasteiger partial charge < -0.3 is 15.4 Å². The van der Waals surface area contributed by atoms with Crippen molar-refractivity contribution in [1.82, 2.24) is 9.97 Å². The quantitative estimate of drug-likeness (QED) is 0.243. The highest BCUT2D eigenvalue weighted by Gasteiger charge is 2.18. The van der Waals surface area contributed by atoms with Crippen LogP contribution in [0.5, 0.6) is 5.75 Å². The van der Waals surface area contributed by atoms with Crippen molar-refractivity contribution >= 4 is 62.1 Å². The zero-order valence-electron chi connectivity index (χ0n) is 18.7. The van der Waals surface area contributed by atoms with Crippen LogP contribution < -0.4 is 20.1 Å². The third-order valence-corrected chi connectivity index (χ3v) is 6.89. The minimum atomic E-state index is -3.91. The molecule has 4 rings (SSSR count). The summed E-state index contributed by atoms with van der Waals surface area (Å²) in [5.74, 6) is 1.77. The van der Waals surface area contributed by atoms with Crippen LogP contribution in [0, 0.1) is 6.92 Å². The average Bonchev–Trinajstić information content (AvgIpc) is 2.82. The van der Waals surface area contributed by atoms with Gasteiger partial charge in [0.25, 0.3) is 10.0 Å². The van der Waals surface area contributed by atoms with E-state index in [2.05, 4.69) is 25.3 Å². The predicted molar refractivity (Wildman–Crippen MR) is 140 cm³/mol. The van der Waals surface area contributed by atoms with E-state index in [-0.39, 0.29) is 14.9 Å². The minimum absolute atomic E-state index is 0.0795. The van der Waals surface area contributed by atoms with Crippen LogP contribution in [-0.4, -0.2) is 25.5 Å². The van der Waals surface area contributed by atoms with Gasteiger partial charge in [-0.1, -0.05) is 23.2 Å². The molecule has 0 amide bonds. The fourth-order valence-electron chi connectivity index (χ4n) is 3.15. The minimum Gasteiger partial charge on any atom is -0.497 e. The molecule has 8 nitrogen and oxygen atoms in total. The first-order valence-electron chi connectivity index (χ1n) is 10.3. The van der Waals surface area contributed by atoms with E-state index in [1.165, 1.54) is 18.2 Å². The first-order chi connectivity index (χ1) is 16.7. The van der Waals surface area contributed by atoms with E-state index in [4.69, 9.17) is 27.9 Å². The van der Waals surface area contributed by atoms with Crippen LogP contribution in [-0.2, 0) is 10.0 Å². The second-order valence-electron chi connectivity index (χ2n) is 7.45. The van der Waals surface area contributed by atoms with Crippen molar-refractivity contribution in [2.24, 2.45) is 0 Å². The molecule has 0 saturated carbocycles. The maximum atomic E-state index is 12.7. The van der Waals surface area contributed by atoms with Crippen molar-refractivity contribution in [2.75, 3.05) is 22.5 Å². The monoisotopic (exact) mass is 529 g/mol. The fourth-order valence-corrected chi connectivity index (χ4v) is 4.98. The first-order valence-corrected chi connectivity index (χ1v) is 12.6. The number of hydrogen-bond donors (Lipinski definition) is 3. The molecule has 0 aliphatic carbocycles. The van der Waals surface area contributed by atoms with Crippen molar-refractivity contribution in [3.63, 3.8) is 0 Å². The third kappa shape index (κ3) is 6.33. The van der Waals surface area contributed by atoms with Gasteiger partial charge in [0.05, 0.1) is 12.1 Å². The molecule has 180 valence electrons. The van der Waals surface area contributed by atoms with Gasteiger partial charge in [0, 0.05) is 33.8 Å². The Morgan fingerprint density at radius 2 is 1.43 bits per heavy atom. The summed E-state index contributed by atoms with van der Waals surface area (Å²) in [4.78, 5) is 8.82. The Hall–Kier alpha value is -3.53. The normalized spacial score (nSPS) is 11.1. The molecule has 0 atom stereocenters. The standard InChI is InChI=1S/C24H21Cl2N5O3S/c1-15-13-23(28-17-8-10-20(34-2)11-9-17)30-24(27-15)29-18-4-6-19(7-5-18)31-35(32,33)22-14-16(25)3-12-21(22)26/h3-14,31H,1-2H3,(H2,27,28,29,30). The highest BCUT2D eigenvalue weighted by atomic mass is 35.5. The molecule has 4 aromatic rings. The average molecular weight is 530 g/mol. The Bertz CT molecular complexity index is 1450. The van der Waals surface area contributed by atoms with E-state index in [0.29, 0.717) is 23.1 Å². The molecule has 1 heterocycles. The second-order valence-corrected chi connectivity index (χ2v) is 9.95. The van der Waals surface area contributed by atoms with Gasteiger partial charge in [-0.2, -0.15) is 4.98 Å². The largest absolute Gasteiger partial charge is 0.497 e. The summed E-state index contributed by atoms with van der Waals surface area (Å²) in [6, 6.07) is 20.2. The van der Waals surface area contributed by atoms with Gasteiger partial charge >= 0.3 is 0 Å². The number of nitrogens with one attached hydrogen (secondary N) is 3. The number of rotatable bonds is 8. The van der Waals surface area contributed by atoms with E-state index >= 15 is 0 Å². The van der Waals surface area contributed by atoms with E-state index in [9.17, 15) is 8.42 Å². The maximum Gasteiger partial charge on any atom is 0.263 e. The van der Waals surface area contributed by atoms with Crippen LogP contribution in [0.3, 0.4) is 0 Å². The predicted octanol–water partition coefficient (Wildman–Crippen LogP) is 6.39. The molecule has 11 heteroatoms.